The van der Waals surface area contributed by atoms with Crippen molar-refractivity contribution >= 4 is 10.1 Å². The predicted octanol–water partition coefficient (Wildman–Crippen LogP) is 3.46. The van der Waals surface area contributed by atoms with Crippen LogP contribution in [-0.4, -0.2) is 54.9 Å². The van der Waals surface area contributed by atoms with Crippen LogP contribution in [0, 0.1) is 0 Å². The summed E-state index contributed by atoms with van der Waals surface area (Å²) in [6.07, 6.45) is -14.5. The standard InChI is InChI=1S/C15H5F17O4S.K/c16-7(9(18,19)11(22,23)13(26,27)14(28,29)30)8(17)10(20,21)12(24,25)15(31,32)36-5-1-3-6(4-2-5)37(33,34)35;/h1-4H,(H,33,34,35);/q;+1/p-1/b8-7+;. The first kappa shape index (κ1) is 37.1. The summed E-state index contributed by atoms with van der Waals surface area (Å²) in [5, 5.41) is 0. The topological polar surface area (TPSA) is 66.4 Å². The largest absolute Gasteiger partial charge is 1.00 e. The molecule has 1 aromatic carbocycles. The van der Waals surface area contributed by atoms with Gasteiger partial charge < -0.3 is 9.29 Å². The van der Waals surface area contributed by atoms with Gasteiger partial charge in [0.15, 0.2) is 0 Å². The van der Waals surface area contributed by atoms with Gasteiger partial charge in [-0.15, -0.1) is 0 Å². The molecule has 0 aliphatic rings. The molecular weight excluding hydrogens is 638 g/mol. The Balaban J connectivity index is 0.0000137. The molecule has 0 fully saturated rings. The Bertz CT molecular complexity index is 1140. The van der Waals surface area contributed by atoms with Crippen molar-refractivity contribution < 1.29 is 144 Å². The average molecular weight is 642 g/mol. The summed E-state index contributed by atoms with van der Waals surface area (Å²) in [5.74, 6) is -51.9. The van der Waals surface area contributed by atoms with Crippen molar-refractivity contribution in [3.8, 4) is 5.75 Å². The van der Waals surface area contributed by atoms with E-state index < -0.39 is 74.3 Å². The Hall–Kier alpha value is -0.884. The van der Waals surface area contributed by atoms with E-state index in [1.165, 1.54) is 0 Å². The molecule has 23 heteroatoms. The van der Waals surface area contributed by atoms with Crippen molar-refractivity contribution in [2.24, 2.45) is 0 Å². The number of hydrogen-bond donors (Lipinski definition) is 0. The van der Waals surface area contributed by atoms with Crippen LogP contribution in [0.25, 0.3) is 0 Å². The van der Waals surface area contributed by atoms with Gasteiger partial charge in [-0.05, 0) is 24.3 Å². The minimum absolute atomic E-state index is 0. The Morgan fingerprint density at radius 3 is 1.29 bits per heavy atom. The van der Waals surface area contributed by atoms with E-state index in [0.717, 1.165) is 0 Å². The third-order valence-corrected chi connectivity index (χ3v) is 4.86. The molecule has 0 atom stereocenters. The van der Waals surface area contributed by atoms with E-state index in [9.17, 15) is 87.6 Å². The van der Waals surface area contributed by atoms with Crippen LogP contribution >= 0.6 is 0 Å². The second-order valence-electron chi connectivity index (χ2n) is 6.54. The zero-order valence-corrected chi connectivity index (χ0v) is 21.2. The maximum Gasteiger partial charge on any atom is 1.00 e. The van der Waals surface area contributed by atoms with Crippen LogP contribution in [0.15, 0.2) is 40.8 Å². The van der Waals surface area contributed by atoms with Gasteiger partial charge in [-0.3, -0.25) is 0 Å². The number of halogens is 17. The van der Waals surface area contributed by atoms with Gasteiger partial charge in [-0.25, -0.2) is 17.2 Å². The van der Waals surface area contributed by atoms with Crippen LogP contribution in [0.5, 0.6) is 5.75 Å². The molecule has 214 valence electrons. The van der Waals surface area contributed by atoms with Crippen molar-refractivity contribution in [1.82, 2.24) is 0 Å². The maximum absolute atomic E-state index is 13.7. The number of hydrogen-bond acceptors (Lipinski definition) is 4. The van der Waals surface area contributed by atoms with Crippen LogP contribution in [-0.2, 0) is 10.1 Å². The second kappa shape index (κ2) is 10.8. The normalized spacial score (nSPS) is 15.5. The van der Waals surface area contributed by atoms with E-state index in [-0.39, 0.29) is 75.7 Å². The van der Waals surface area contributed by atoms with Gasteiger partial charge in [-0.1, -0.05) is 0 Å². The molecule has 1 rings (SSSR count). The molecule has 0 N–H and O–H groups in total. The Kier molecular flexibility index (Phi) is 10.6. The fourth-order valence-electron chi connectivity index (χ4n) is 2.00. The van der Waals surface area contributed by atoms with Crippen molar-refractivity contribution in [2.45, 2.75) is 46.8 Å². The van der Waals surface area contributed by atoms with E-state index >= 15 is 0 Å². The van der Waals surface area contributed by atoms with Crippen LogP contribution in [0.1, 0.15) is 0 Å². The molecule has 1 aromatic rings. The monoisotopic (exact) mass is 642 g/mol. The zero-order chi connectivity index (χ0) is 29.8. The summed E-state index contributed by atoms with van der Waals surface area (Å²) in [5.41, 5.74) is 0. The van der Waals surface area contributed by atoms with Gasteiger partial charge in [0.1, 0.15) is 15.9 Å². The van der Waals surface area contributed by atoms with E-state index in [1.807, 2.05) is 0 Å². The van der Waals surface area contributed by atoms with Crippen LogP contribution in [0.4, 0.5) is 74.6 Å². The molecular formula is C15H4F17KO4S. The molecule has 0 unspecified atom stereocenters. The first-order chi connectivity index (χ1) is 16.0. The Morgan fingerprint density at radius 1 is 0.632 bits per heavy atom. The maximum atomic E-state index is 13.7. The molecule has 0 radical (unpaired) electrons. The summed E-state index contributed by atoms with van der Waals surface area (Å²) in [4.78, 5) is -1.24. The van der Waals surface area contributed by atoms with Crippen LogP contribution in [0.2, 0.25) is 0 Å². The Morgan fingerprint density at radius 2 is 0.974 bits per heavy atom. The quantitative estimate of drug-likeness (QED) is 0.235. The molecule has 0 amide bonds. The number of allylic oxidation sites excluding steroid dienone is 2. The van der Waals surface area contributed by atoms with E-state index in [0.29, 0.717) is 0 Å². The summed E-state index contributed by atoms with van der Waals surface area (Å²) >= 11 is 0. The van der Waals surface area contributed by atoms with Gasteiger partial charge in [0.2, 0.25) is 11.7 Å². The van der Waals surface area contributed by atoms with Crippen molar-refractivity contribution in [1.29, 1.82) is 0 Å². The first-order valence-electron chi connectivity index (χ1n) is 8.15. The van der Waals surface area contributed by atoms with Gasteiger partial charge in [0, 0.05) is 0 Å². The summed E-state index contributed by atoms with van der Waals surface area (Å²) in [6.45, 7) is 0. The molecule has 0 aliphatic heterocycles. The zero-order valence-electron chi connectivity index (χ0n) is 17.3. The molecule has 0 aromatic heterocycles. The van der Waals surface area contributed by atoms with Gasteiger partial charge >= 0.3 is 93.3 Å². The minimum Gasteiger partial charge on any atom is -0.744 e. The van der Waals surface area contributed by atoms with E-state index in [1.54, 1.807) is 0 Å². The Labute approximate surface area is 241 Å². The SMILES string of the molecule is O=S(=O)([O-])c1ccc(OC(F)(F)C(F)(F)C(F)(F)/C(F)=C(\F)C(F)(F)C(F)(F)C(F)(F)C(F)(F)F)cc1.[K+]. The fraction of sp³-hybridized carbons (Fsp3) is 0.467. The molecule has 0 saturated carbocycles. The van der Waals surface area contributed by atoms with Crippen molar-refractivity contribution in [3.05, 3.63) is 35.9 Å². The van der Waals surface area contributed by atoms with Gasteiger partial charge in [-0.2, -0.15) is 65.9 Å². The number of alkyl halides is 15. The number of benzene rings is 1. The van der Waals surface area contributed by atoms with E-state index in [4.69, 9.17) is 0 Å². The third kappa shape index (κ3) is 6.21. The van der Waals surface area contributed by atoms with Crippen LogP contribution < -0.4 is 56.1 Å². The molecule has 0 heterocycles. The molecule has 0 aliphatic carbocycles. The van der Waals surface area contributed by atoms with Gasteiger partial charge in [0.05, 0.1) is 4.90 Å². The van der Waals surface area contributed by atoms with Crippen molar-refractivity contribution in [2.75, 3.05) is 0 Å². The number of rotatable bonds is 9. The predicted molar refractivity (Wildman–Crippen MR) is 80.0 cm³/mol. The summed E-state index contributed by atoms with van der Waals surface area (Å²) < 4.78 is 258. The molecule has 0 saturated heterocycles. The number of ether oxygens (including phenoxy) is 1. The summed E-state index contributed by atoms with van der Waals surface area (Å²) in [6, 6.07) is -0.0253. The first-order valence-corrected chi connectivity index (χ1v) is 9.55. The molecule has 4 nitrogen and oxygen atoms in total. The molecule has 0 bridgehead atoms. The summed E-state index contributed by atoms with van der Waals surface area (Å²) in [7, 11) is -5.30. The second-order valence-corrected chi connectivity index (χ2v) is 7.92. The fourth-order valence-corrected chi connectivity index (χ4v) is 2.47. The van der Waals surface area contributed by atoms with Gasteiger partial charge in [0.25, 0.3) is 0 Å². The molecule has 38 heavy (non-hydrogen) atoms. The smallest absolute Gasteiger partial charge is 0.744 e. The minimum atomic E-state index is -8.17. The van der Waals surface area contributed by atoms with E-state index in [2.05, 4.69) is 4.74 Å². The molecule has 0 spiro atoms. The third-order valence-electron chi connectivity index (χ3n) is 4.01. The average Bonchev–Trinajstić information content (AvgIpc) is 2.70. The van der Waals surface area contributed by atoms with Crippen molar-refractivity contribution in [3.63, 3.8) is 0 Å². The van der Waals surface area contributed by atoms with Crippen LogP contribution in [0.3, 0.4) is 0 Å².